The maximum absolute atomic E-state index is 5.54. The molecule has 0 saturated carbocycles. The summed E-state index contributed by atoms with van der Waals surface area (Å²) < 4.78 is 21.5. The third-order valence-electron chi connectivity index (χ3n) is 4.78. The number of ether oxygens (including phenoxy) is 4. The fourth-order valence-electron chi connectivity index (χ4n) is 3.24. The molecule has 0 radical (unpaired) electrons. The maximum Gasteiger partial charge on any atom is 0.191 e. The lowest BCUT2D eigenvalue weighted by molar-refractivity contribution is 0.0169. The molecule has 1 aromatic carbocycles. The smallest absolute Gasteiger partial charge is 0.191 e. The predicted molar refractivity (Wildman–Crippen MR) is 111 cm³/mol. The Morgan fingerprint density at radius 2 is 1.89 bits per heavy atom. The molecule has 0 bridgehead atoms. The van der Waals surface area contributed by atoms with Crippen molar-refractivity contribution in [2.24, 2.45) is 4.99 Å². The third-order valence-corrected chi connectivity index (χ3v) is 4.78. The summed E-state index contributed by atoms with van der Waals surface area (Å²) in [6.45, 7) is 5.53. The molecule has 0 aliphatic carbocycles. The molecule has 1 aromatic rings. The molecule has 8 heteroatoms. The van der Waals surface area contributed by atoms with Crippen LogP contribution in [0.15, 0.2) is 23.2 Å². The summed E-state index contributed by atoms with van der Waals surface area (Å²) >= 11 is 0. The van der Waals surface area contributed by atoms with Crippen LogP contribution in [-0.2, 0) is 9.47 Å². The van der Waals surface area contributed by atoms with Crippen molar-refractivity contribution in [1.82, 2.24) is 15.5 Å². The van der Waals surface area contributed by atoms with E-state index in [2.05, 4.69) is 32.7 Å². The van der Waals surface area contributed by atoms with Gasteiger partial charge in [0.15, 0.2) is 17.5 Å². The van der Waals surface area contributed by atoms with Gasteiger partial charge < -0.3 is 29.6 Å². The Balaban J connectivity index is 2.09. The zero-order valence-corrected chi connectivity index (χ0v) is 17.5. The number of nitrogens with zero attached hydrogens (tertiary/aromatic N) is 2. The van der Waals surface area contributed by atoms with Gasteiger partial charge in [-0.2, -0.15) is 0 Å². The molecule has 158 valence electrons. The molecule has 0 aromatic heterocycles. The SMILES string of the molecule is CN=C(NCCCOC)NCC(c1ccc(OC)c(OC)c1)N1CCOCC1. The van der Waals surface area contributed by atoms with Crippen molar-refractivity contribution < 1.29 is 18.9 Å². The molecule has 1 aliphatic rings. The summed E-state index contributed by atoms with van der Waals surface area (Å²) in [7, 11) is 6.81. The summed E-state index contributed by atoms with van der Waals surface area (Å²) in [5.74, 6) is 2.26. The van der Waals surface area contributed by atoms with Crippen molar-refractivity contribution in [2.75, 3.05) is 74.4 Å². The van der Waals surface area contributed by atoms with Gasteiger partial charge in [0, 0.05) is 46.9 Å². The molecule has 28 heavy (non-hydrogen) atoms. The van der Waals surface area contributed by atoms with Gasteiger partial charge in [0.05, 0.1) is 33.5 Å². The number of benzene rings is 1. The minimum Gasteiger partial charge on any atom is -0.493 e. The molecule has 2 rings (SSSR count). The fraction of sp³-hybridized carbons (Fsp3) is 0.650. The molecule has 1 atom stereocenters. The normalized spacial score (nSPS) is 16.5. The number of rotatable bonds is 10. The molecule has 1 fully saturated rings. The van der Waals surface area contributed by atoms with Gasteiger partial charge in [-0.25, -0.2) is 0 Å². The second kappa shape index (κ2) is 12.4. The Hall–Kier alpha value is -2.03. The molecule has 1 saturated heterocycles. The number of hydrogen-bond donors (Lipinski definition) is 2. The van der Waals surface area contributed by atoms with E-state index in [9.17, 15) is 0 Å². The predicted octanol–water partition coefficient (Wildman–Crippen LogP) is 1.28. The minimum atomic E-state index is 0.168. The topological polar surface area (TPSA) is 76.6 Å². The van der Waals surface area contributed by atoms with Crippen LogP contribution in [0.5, 0.6) is 11.5 Å². The van der Waals surface area contributed by atoms with Crippen LogP contribution in [0.4, 0.5) is 0 Å². The lowest BCUT2D eigenvalue weighted by Gasteiger charge is -2.35. The van der Waals surface area contributed by atoms with E-state index in [4.69, 9.17) is 18.9 Å². The summed E-state index contributed by atoms with van der Waals surface area (Å²) in [5, 5.41) is 6.78. The van der Waals surface area contributed by atoms with Crippen molar-refractivity contribution in [1.29, 1.82) is 0 Å². The molecule has 1 aliphatic heterocycles. The average molecular weight is 395 g/mol. The van der Waals surface area contributed by atoms with Crippen LogP contribution in [0.3, 0.4) is 0 Å². The van der Waals surface area contributed by atoms with Gasteiger partial charge in [0.1, 0.15) is 0 Å². The molecule has 2 N–H and O–H groups in total. The quantitative estimate of drug-likeness (QED) is 0.352. The van der Waals surface area contributed by atoms with E-state index in [0.29, 0.717) is 0 Å². The van der Waals surface area contributed by atoms with Crippen LogP contribution in [0, 0.1) is 0 Å². The zero-order valence-electron chi connectivity index (χ0n) is 17.5. The van der Waals surface area contributed by atoms with Gasteiger partial charge >= 0.3 is 0 Å². The molecule has 8 nitrogen and oxygen atoms in total. The van der Waals surface area contributed by atoms with Gasteiger partial charge in [0.25, 0.3) is 0 Å². The van der Waals surface area contributed by atoms with E-state index in [0.717, 1.165) is 69.9 Å². The van der Waals surface area contributed by atoms with Gasteiger partial charge in [-0.1, -0.05) is 6.07 Å². The molecular weight excluding hydrogens is 360 g/mol. The Morgan fingerprint density at radius 3 is 2.54 bits per heavy atom. The first-order valence-corrected chi connectivity index (χ1v) is 9.70. The van der Waals surface area contributed by atoms with Crippen molar-refractivity contribution in [3.05, 3.63) is 23.8 Å². The number of nitrogens with one attached hydrogen (secondary N) is 2. The van der Waals surface area contributed by atoms with Gasteiger partial charge in [0.2, 0.25) is 0 Å². The molecule has 1 heterocycles. The second-order valence-electron chi connectivity index (χ2n) is 6.50. The van der Waals surface area contributed by atoms with E-state index in [1.807, 2.05) is 6.07 Å². The lowest BCUT2D eigenvalue weighted by Crippen LogP contribution is -2.46. The molecule has 0 spiro atoms. The van der Waals surface area contributed by atoms with Crippen LogP contribution >= 0.6 is 0 Å². The first-order valence-electron chi connectivity index (χ1n) is 9.70. The van der Waals surface area contributed by atoms with E-state index in [1.165, 1.54) is 5.56 Å². The highest BCUT2D eigenvalue weighted by molar-refractivity contribution is 5.79. The highest BCUT2D eigenvalue weighted by Crippen LogP contribution is 2.32. The molecule has 0 amide bonds. The second-order valence-corrected chi connectivity index (χ2v) is 6.50. The number of morpholine rings is 1. The molecular formula is C20H34N4O4. The largest absolute Gasteiger partial charge is 0.493 e. The van der Waals surface area contributed by atoms with Gasteiger partial charge in [-0.05, 0) is 24.1 Å². The van der Waals surface area contributed by atoms with Gasteiger partial charge in [-0.15, -0.1) is 0 Å². The summed E-state index contributed by atoms with van der Waals surface area (Å²) in [5.41, 5.74) is 1.17. The standard InChI is InChI=1S/C20H34N4O4/c1-21-20(22-8-5-11-25-2)23-15-17(24-9-12-28-13-10-24)16-6-7-18(26-3)19(14-16)27-4/h6-7,14,17H,5,8-13,15H2,1-4H3,(H2,21,22,23). The Labute approximate surface area is 168 Å². The van der Waals surface area contributed by atoms with E-state index in [-0.39, 0.29) is 6.04 Å². The number of hydrogen-bond acceptors (Lipinski definition) is 6. The Morgan fingerprint density at radius 1 is 1.14 bits per heavy atom. The van der Waals surface area contributed by atoms with Crippen LogP contribution < -0.4 is 20.1 Å². The van der Waals surface area contributed by atoms with Crippen molar-refractivity contribution >= 4 is 5.96 Å². The Bertz CT molecular complexity index is 606. The van der Waals surface area contributed by atoms with E-state index >= 15 is 0 Å². The van der Waals surface area contributed by atoms with Gasteiger partial charge in [-0.3, -0.25) is 9.89 Å². The maximum atomic E-state index is 5.54. The monoisotopic (exact) mass is 394 g/mol. The highest BCUT2D eigenvalue weighted by atomic mass is 16.5. The first-order chi connectivity index (χ1) is 13.7. The highest BCUT2D eigenvalue weighted by Gasteiger charge is 2.24. The molecule has 1 unspecified atom stereocenters. The van der Waals surface area contributed by atoms with E-state index < -0.39 is 0 Å². The summed E-state index contributed by atoms with van der Waals surface area (Å²) in [4.78, 5) is 6.75. The van der Waals surface area contributed by atoms with Crippen LogP contribution in [0.1, 0.15) is 18.0 Å². The first kappa shape index (κ1) is 22.3. The average Bonchev–Trinajstić information content (AvgIpc) is 2.75. The van der Waals surface area contributed by atoms with Crippen molar-refractivity contribution in [3.63, 3.8) is 0 Å². The lowest BCUT2D eigenvalue weighted by atomic mass is 10.0. The van der Waals surface area contributed by atoms with E-state index in [1.54, 1.807) is 28.4 Å². The van der Waals surface area contributed by atoms with Crippen LogP contribution in [0.25, 0.3) is 0 Å². The number of guanidine groups is 1. The number of aliphatic imine (C=N–C) groups is 1. The van der Waals surface area contributed by atoms with Crippen LogP contribution in [0.2, 0.25) is 0 Å². The summed E-state index contributed by atoms with van der Waals surface area (Å²) in [6, 6.07) is 6.27. The van der Waals surface area contributed by atoms with Crippen molar-refractivity contribution in [3.8, 4) is 11.5 Å². The number of methoxy groups -OCH3 is 3. The third kappa shape index (κ3) is 6.54. The fourth-order valence-corrected chi connectivity index (χ4v) is 3.24. The van der Waals surface area contributed by atoms with Crippen LogP contribution in [-0.4, -0.2) is 85.2 Å². The van der Waals surface area contributed by atoms with Crippen molar-refractivity contribution in [2.45, 2.75) is 12.5 Å². The summed E-state index contributed by atoms with van der Waals surface area (Å²) in [6.07, 6.45) is 0.930. The zero-order chi connectivity index (χ0) is 20.2. The Kier molecular flexibility index (Phi) is 9.88. The minimum absolute atomic E-state index is 0.168.